The van der Waals surface area contributed by atoms with Crippen LogP contribution in [0.3, 0.4) is 0 Å². The van der Waals surface area contributed by atoms with Crippen molar-refractivity contribution in [3.63, 3.8) is 0 Å². The molecule has 1 aromatic carbocycles. The van der Waals surface area contributed by atoms with Crippen LogP contribution in [0.2, 0.25) is 0 Å². The summed E-state index contributed by atoms with van der Waals surface area (Å²) >= 11 is 0. The van der Waals surface area contributed by atoms with E-state index >= 15 is 0 Å². The SMILES string of the molecule is C=C1NC(=O)N[C@@H](c2cc(OC)ccc2OC)[C@H]1C(=O)OC[C@@H](C)CCC. The maximum Gasteiger partial charge on any atom is 0.319 e. The summed E-state index contributed by atoms with van der Waals surface area (Å²) < 4.78 is 16.2. The maximum atomic E-state index is 12.8. The van der Waals surface area contributed by atoms with Gasteiger partial charge in [0.25, 0.3) is 0 Å². The fourth-order valence-corrected chi connectivity index (χ4v) is 3.19. The summed E-state index contributed by atoms with van der Waals surface area (Å²) in [5.74, 6) is 0.173. The molecule has 1 saturated heterocycles. The van der Waals surface area contributed by atoms with Gasteiger partial charge >= 0.3 is 12.0 Å². The van der Waals surface area contributed by atoms with Gasteiger partial charge in [0.1, 0.15) is 17.4 Å². The molecular weight excluding hydrogens is 348 g/mol. The van der Waals surface area contributed by atoms with Gasteiger partial charge < -0.3 is 24.8 Å². The minimum absolute atomic E-state index is 0.267. The molecule has 7 nitrogen and oxygen atoms in total. The fourth-order valence-electron chi connectivity index (χ4n) is 3.19. The molecule has 0 aromatic heterocycles. The molecule has 0 aliphatic carbocycles. The van der Waals surface area contributed by atoms with E-state index in [4.69, 9.17) is 14.2 Å². The van der Waals surface area contributed by atoms with Crippen molar-refractivity contribution in [3.8, 4) is 11.5 Å². The lowest BCUT2D eigenvalue weighted by Crippen LogP contribution is -2.51. The molecule has 27 heavy (non-hydrogen) atoms. The number of ether oxygens (including phenoxy) is 3. The Bertz CT molecular complexity index is 704. The topological polar surface area (TPSA) is 85.9 Å². The van der Waals surface area contributed by atoms with E-state index in [1.807, 2.05) is 6.92 Å². The normalized spacial score (nSPS) is 20.3. The molecule has 1 aliphatic heterocycles. The highest BCUT2D eigenvalue weighted by Gasteiger charge is 2.40. The van der Waals surface area contributed by atoms with Crippen molar-refractivity contribution in [1.82, 2.24) is 10.6 Å². The zero-order chi connectivity index (χ0) is 20.0. The van der Waals surface area contributed by atoms with Crippen LogP contribution < -0.4 is 20.1 Å². The van der Waals surface area contributed by atoms with Gasteiger partial charge in [-0.25, -0.2) is 4.79 Å². The van der Waals surface area contributed by atoms with Crippen LogP contribution in [0.15, 0.2) is 30.5 Å². The molecular formula is C20H28N2O5. The monoisotopic (exact) mass is 376 g/mol. The maximum absolute atomic E-state index is 12.8. The third-order valence-corrected chi connectivity index (χ3v) is 4.59. The lowest BCUT2D eigenvalue weighted by Gasteiger charge is -2.34. The van der Waals surface area contributed by atoms with Crippen LogP contribution >= 0.6 is 0 Å². The van der Waals surface area contributed by atoms with E-state index in [2.05, 4.69) is 24.1 Å². The molecule has 1 heterocycles. The van der Waals surface area contributed by atoms with E-state index < -0.39 is 24.0 Å². The van der Waals surface area contributed by atoms with Gasteiger partial charge in [0.2, 0.25) is 0 Å². The van der Waals surface area contributed by atoms with E-state index in [0.29, 0.717) is 29.4 Å². The van der Waals surface area contributed by atoms with Crippen molar-refractivity contribution in [2.45, 2.75) is 32.7 Å². The summed E-state index contributed by atoms with van der Waals surface area (Å²) in [6.45, 7) is 8.31. The van der Waals surface area contributed by atoms with Gasteiger partial charge in [-0.2, -0.15) is 0 Å². The van der Waals surface area contributed by atoms with Gasteiger partial charge in [-0.15, -0.1) is 0 Å². The molecule has 1 aliphatic rings. The lowest BCUT2D eigenvalue weighted by atomic mass is 9.88. The first-order chi connectivity index (χ1) is 12.9. The molecule has 0 saturated carbocycles. The molecule has 1 aromatic rings. The Kier molecular flexibility index (Phi) is 7.10. The largest absolute Gasteiger partial charge is 0.497 e. The van der Waals surface area contributed by atoms with Crippen LogP contribution in [-0.2, 0) is 9.53 Å². The average Bonchev–Trinajstić information content (AvgIpc) is 2.65. The molecule has 0 radical (unpaired) electrons. The number of carbonyl (C=O) groups is 2. The first-order valence-corrected chi connectivity index (χ1v) is 9.06. The van der Waals surface area contributed by atoms with Crippen LogP contribution in [0.4, 0.5) is 4.79 Å². The second-order valence-electron chi connectivity index (χ2n) is 6.71. The summed E-state index contributed by atoms with van der Waals surface area (Å²) in [4.78, 5) is 24.8. The van der Waals surface area contributed by atoms with E-state index in [9.17, 15) is 9.59 Å². The number of carbonyl (C=O) groups excluding carboxylic acids is 2. The number of rotatable bonds is 8. The van der Waals surface area contributed by atoms with E-state index in [1.165, 1.54) is 7.11 Å². The van der Waals surface area contributed by atoms with Gasteiger partial charge in [-0.1, -0.05) is 26.8 Å². The molecule has 2 amide bonds. The summed E-state index contributed by atoms with van der Waals surface area (Å²) in [6, 6.07) is 4.11. The molecule has 1 fully saturated rings. The summed E-state index contributed by atoms with van der Waals surface area (Å²) in [5.41, 5.74) is 0.915. The Balaban J connectivity index is 2.32. The number of esters is 1. The van der Waals surface area contributed by atoms with Crippen LogP contribution in [0, 0.1) is 11.8 Å². The van der Waals surface area contributed by atoms with Gasteiger partial charge in [-0.3, -0.25) is 4.79 Å². The van der Waals surface area contributed by atoms with E-state index in [0.717, 1.165) is 12.8 Å². The van der Waals surface area contributed by atoms with Gasteiger partial charge in [0.05, 0.1) is 26.9 Å². The minimum atomic E-state index is -0.780. The van der Waals surface area contributed by atoms with Crippen molar-refractivity contribution in [1.29, 1.82) is 0 Å². The molecule has 2 N–H and O–H groups in total. The molecule has 0 spiro atoms. The highest BCUT2D eigenvalue weighted by Crippen LogP contribution is 2.37. The van der Waals surface area contributed by atoms with Crippen molar-refractivity contribution < 1.29 is 23.8 Å². The summed E-state index contributed by atoms with van der Waals surface area (Å²) in [5, 5.41) is 5.36. The van der Waals surface area contributed by atoms with Crippen LogP contribution in [0.25, 0.3) is 0 Å². The predicted molar refractivity (Wildman–Crippen MR) is 102 cm³/mol. The van der Waals surface area contributed by atoms with E-state index in [-0.39, 0.29) is 5.92 Å². The summed E-state index contributed by atoms with van der Waals surface area (Å²) in [6.07, 6.45) is 2.00. The number of methoxy groups -OCH3 is 2. The van der Waals surface area contributed by atoms with E-state index in [1.54, 1.807) is 25.3 Å². The van der Waals surface area contributed by atoms with Crippen LogP contribution in [0.5, 0.6) is 11.5 Å². The first kappa shape index (κ1) is 20.6. The van der Waals surface area contributed by atoms with Crippen molar-refractivity contribution in [2.75, 3.05) is 20.8 Å². The number of nitrogens with one attached hydrogen (secondary N) is 2. The molecule has 148 valence electrons. The van der Waals surface area contributed by atoms with Crippen LogP contribution in [0.1, 0.15) is 38.3 Å². The third kappa shape index (κ3) is 4.93. The van der Waals surface area contributed by atoms with Crippen molar-refractivity contribution >= 4 is 12.0 Å². The second kappa shape index (κ2) is 9.30. The lowest BCUT2D eigenvalue weighted by molar-refractivity contribution is -0.149. The van der Waals surface area contributed by atoms with Crippen molar-refractivity contribution in [2.24, 2.45) is 11.8 Å². The fraction of sp³-hybridized carbons (Fsp3) is 0.500. The Labute approximate surface area is 160 Å². The summed E-state index contributed by atoms with van der Waals surface area (Å²) in [7, 11) is 3.08. The zero-order valence-electron chi connectivity index (χ0n) is 16.3. The Morgan fingerprint density at radius 3 is 2.67 bits per heavy atom. The Morgan fingerprint density at radius 2 is 2.04 bits per heavy atom. The molecule has 3 atom stereocenters. The number of amides is 2. The predicted octanol–water partition coefficient (Wildman–Crippen LogP) is 3.17. The smallest absolute Gasteiger partial charge is 0.319 e. The van der Waals surface area contributed by atoms with Gasteiger partial charge in [0.15, 0.2) is 0 Å². The first-order valence-electron chi connectivity index (χ1n) is 9.06. The Hall–Kier alpha value is -2.70. The van der Waals surface area contributed by atoms with Gasteiger partial charge in [-0.05, 0) is 30.5 Å². The minimum Gasteiger partial charge on any atom is -0.497 e. The Morgan fingerprint density at radius 1 is 1.30 bits per heavy atom. The standard InChI is InChI=1S/C20H28N2O5/c1-6-7-12(2)11-27-19(23)17-13(3)21-20(24)22-18(17)15-10-14(25-4)8-9-16(15)26-5/h8-10,12,17-18H,3,6-7,11H2,1-2,4-5H3,(H2,21,22,24)/t12-,17-,18-/m0/s1. The molecule has 2 rings (SSSR count). The van der Waals surface area contributed by atoms with Crippen LogP contribution in [-0.4, -0.2) is 32.8 Å². The molecule has 0 bridgehead atoms. The number of hydrogen-bond donors (Lipinski definition) is 2. The number of urea groups is 1. The third-order valence-electron chi connectivity index (χ3n) is 4.59. The number of hydrogen-bond acceptors (Lipinski definition) is 5. The highest BCUT2D eigenvalue weighted by atomic mass is 16.5. The second-order valence-corrected chi connectivity index (χ2v) is 6.71. The van der Waals surface area contributed by atoms with Crippen molar-refractivity contribution in [3.05, 3.63) is 36.0 Å². The highest BCUT2D eigenvalue weighted by molar-refractivity contribution is 5.85. The van der Waals surface area contributed by atoms with Gasteiger partial charge in [0, 0.05) is 11.3 Å². The molecule has 7 heteroatoms. The zero-order valence-corrected chi connectivity index (χ0v) is 16.3. The molecule has 0 unspecified atom stereocenters. The quantitative estimate of drug-likeness (QED) is 0.681. The average molecular weight is 376 g/mol. The number of benzene rings is 1.